The van der Waals surface area contributed by atoms with Crippen molar-refractivity contribution < 1.29 is 4.74 Å². The van der Waals surface area contributed by atoms with E-state index in [9.17, 15) is 0 Å². The van der Waals surface area contributed by atoms with Gasteiger partial charge in [0, 0.05) is 23.0 Å². The van der Waals surface area contributed by atoms with Crippen LogP contribution in [0.15, 0.2) is 54.7 Å². The van der Waals surface area contributed by atoms with Crippen molar-refractivity contribution in [1.82, 2.24) is 15.0 Å². The van der Waals surface area contributed by atoms with Crippen LogP contribution >= 0.6 is 11.6 Å². The molecule has 0 bridgehead atoms. The van der Waals surface area contributed by atoms with E-state index in [0.29, 0.717) is 5.92 Å². The minimum absolute atomic E-state index is 0.275. The lowest BCUT2D eigenvalue weighted by atomic mass is 9.85. The number of hydrogen-bond donors (Lipinski definition) is 1. The molecule has 0 aliphatic heterocycles. The maximum atomic E-state index is 6.35. The van der Waals surface area contributed by atoms with Crippen LogP contribution in [0.2, 0.25) is 5.02 Å². The monoisotopic (exact) mass is 391 g/mol. The third kappa shape index (κ3) is 3.57. The van der Waals surface area contributed by atoms with Gasteiger partial charge in [0.15, 0.2) is 0 Å². The fourth-order valence-corrected chi connectivity index (χ4v) is 4.38. The van der Waals surface area contributed by atoms with Gasteiger partial charge in [-0.1, -0.05) is 23.7 Å². The van der Waals surface area contributed by atoms with Gasteiger partial charge in [0.1, 0.15) is 11.6 Å². The molecule has 0 amide bonds. The van der Waals surface area contributed by atoms with Gasteiger partial charge in [-0.25, -0.2) is 4.98 Å². The fourth-order valence-electron chi connectivity index (χ4n) is 4.21. The summed E-state index contributed by atoms with van der Waals surface area (Å²) in [6.45, 7) is 0. The summed E-state index contributed by atoms with van der Waals surface area (Å²) in [6.07, 6.45) is 7.56. The van der Waals surface area contributed by atoms with Gasteiger partial charge in [-0.15, -0.1) is 0 Å². The Balaban J connectivity index is 1.22. The van der Waals surface area contributed by atoms with Gasteiger partial charge in [-0.05, 0) is 68.0 Å². The second-order valence-corrected chi connectivity index (χ2v) is 8.07. The summed E-state index contributed by atoms with van der Waals surface area (Å²) in [5, 5.41) is 1.83. The number of imidazole rings is 1. The number of aromatic amines is 1. The lowest BCUT2D eigenvalue weighted by molar-refractivity contribution is 0.132. The van der Waals surface area contributed by atoms with E-state index in [-0.39, 0.29) is 6.10 Å². The van der Waals surface area contributed by atoms with Crippen molar-refractivity contribution in [2.45, 2.75) is 38.2 Å². The van der Waals surface area contributed by atoms with Gasteiger partial charge in [-0.3, -0.25) is 4.98 Å². The number of nitrogens with one attached hydrogen (secondary N) is 1. The van der Waals surface area contributed by atoms with Crippen LogP contribution in [0.25, 0.3) is 21.9 Å². The molecule has 142 valence electrons. The van der Waals surface area contributed by atoms with E-state index in [1.807, 2.05) is 48.7 Å². The van der Waals surface area contributed by atoms with Crippen LogP contribution in [0.4, 0.5) is 0 Å². The Morgan fingerprint density at radius 2 is 1.86 bits per heavy atom. The number of rotatable bonds is 4. The van der Waals surface area contributed by atoms with Crippen LogP contribution in [-0.2, 0) is 6.42 Å². The molecule has 1 aliphatic rings. The zero-order chi connectivity index (χ0) is 18.9. The van der Waals surface area contributed by atoms with Crippen molar-refractivity contribution >= 4 is 33.5 Å². The molecule has 0 saturated heterocycles. The Hall–Kier alpha value is -2.59. The topological polar surface area (TPSA) is 50.8 Å². The third-order valence-electron chi connectivity index (χ3n) is 5.67. The van der Waals surface area contributed by atoms with Gasteiger partial charge in [-0.2, -0.15) is 0 Å². The van der Waals surface area contributed by atoms with Gasteiger partial charge in [0.05, 0.1) is 22.7 Å². The number of aromatic nitrogens is 3. The number of benzene rings is 2. The standard InChI is InChI=1S/C23H22ClN3O/c24-16-7-10-20-21(14-16)27-23(26-20)13-15-5-8-17(9-6-15)28-22-11-12-25-19-4-2-1-3-18(19)22/h1-4,7,10-12,14-15,17H,5-6,8-9,13H2,(H,26,27)/t15-,17+. The average molecular weight is 392 g/mol. The Bertz CT molecular complexity index is 1110. The lowest BCUT2D eigenvalue weighted by Gasteiger charge is -2.29. The number of pyridine rings is 1. The molecule has 5 rings (SSSR count). The predicted molar refractivity (Wildman–Crippen MR) is 113 cm³/mol. The second kappa shape index (κ2) is 7.44. The van der Waals surface area contributed by atoms with Crippen LogP contribution in [0.3, 0.4) is 0 Å². The highest BCUT2D eigenvalue weighted by Crippen LogP contribution is 2.32. The van der Waals surface area contributed by atoms with Crippen LogP contribution < -0.4 is 4.74 Å². The van der Waals surface area contributed by atoms with Crippen LogP contribution in [0, 0.1) is 5.92 Å². The molecule has 2 aromatic carbocycles. The molecule has 1 fully saturated rings. The molecule has 4 nitrogen and oxygen atoms in total. The largest absolute Gasteiger partial charge is 0.490 e. The number of H-pyrrole nitrogens is 1. The van der Waals surface area contributed by atoms with E-state index in [0.717, 1.165) is 70.6 Å². The molecule has 1 N–H and O–H groups in total. The average Bonchev–Trinajstić information content (AvgIpc) is 3.11. The molecule has 2 aromatic heterocycles. The van der Waals surface area contributed by atoms with Crippen LogP contribution in [-0.4, -0.2) is 21.1 Å². The third-order valence-corrected chi connectivity index (χ3v) is 5.91. The molecule has 0 spiro atoms. The summed E-state index contributed by atoms with van der Waals surface area (Å²) in [6, 6.07) is 15.9. The summed E-state index contributed by atoms with van der Waals surface area (Å²) in [5.41, 5.74) is 2.99. The van der Waals surface area contributed by atoms with E-state index >= 15 is 0 Å². The molecule has 1 saturated carbocycles. The summed E-state index contributed by atoms with van der Waals surface area (Å²) in [7, 11) is 0. The summed E-state index contributed by atoms with van der Waals surface area (Å²) < 4.78 is 6.35. The smallest absolute Gasteiger partial charge is 0.130 e. The highest BCUT2D eigenvalue weighted by molar-refractivity contribution is 6.31. The fraction of sp³-hybridized carbons (Fsp3) is 0.304. The summed E-state index contributed by atoms with van der Waals surface area (Å²) in [4.78, 5) is 12.6. The van der Waals surface area contributed by atoms with Crippen LogP contribution in [0.1, 0.15) is 31.5 Å². The molecule has 1 aliphatic carbocycles. The number of fused-ring (bicyclic) bond motifs is 2. The number of halogens is 1. The van der Waals surface area contributed by atoms with Crippen molar-refractivity contribution in [1.29, 1.82) is 0 Å². The molecule has 28 heavy (non-hydrogen) atoms. The Morgan fingerprint density at radius 1 is 1.00 bits per heavy atom. The van der Waals surface area contributed by atoms with Gasteiger partial charge in [0.2, 0.25) is 0 Å². The SMILES string of the molecule is Clc1ccc2nc(C[C@H]3CC[C@@H](Oc4ccnc5ccccc45)CC3)[nH]c2c1. The maximum absolute atomic E-state index is 6.35. The van der Waals surface area contributed by atoms with E-state index in [2.05, 4.69) is 16.0 Å². The first-order chi connectivity index (χ1) is 13.7. The van der Waals surface area contributed by atoms with Crippen molar-refractivity contribution in [3.8, 4) is 5.75 Å². The Labute approximate surface area is 168 Å². The second-order valence-electron chi connectivity index (χ2n) is 7.64. The normalized spacial score (nSPS) is 19.9. The molecule has 0 unspecified atom stereocenters. The van der Waals surface area contributed by atoms with Crippen molar-refractivity contribution in [3.05, 3.63) is 65.6 Å². The zero-order valence-electron chi connectivity index (χ0n) is 15.6. The van der Waals surface area contributed by atoms with Gasteiger partial charge >= 0.3 is 0 Å². The van der Waals surface area contributed by atoms with Gasteiger partial charge < -0.3 is 9.72 Å². The maximum Gasteiger partial charge on any atom is 0.130 e. The first-order valence-electron chi connectivity index (χ1n) is 9.89. The first-order valence-corrected chi connectivity index (χ1v) is 10.3. The summed E-state index contributed by atoms with van der Waals surface area (Å²) >= 11 is 6.07. The van der Waals surface area contributed by atoms with E-state index < -0.39 is 0 Å². The van der Waals surface area contributed by atoms with Gasteiger partial charge in [0.25, 0.3) is 0 Å². The number of para-hydroxylation sites is 1. The molecular weight excluding hydrogens is 370 g/mol. The molecule has 0 radical (unpaired) electrons. The zero-order valence-corrected chi connectivity index (χ0v) is 16.3. The lowest BCUT2D eigenvalue weighted by Crippen LogP contribution is -2.25. The van der Waals surface area contributed by atoms with E-state index in [4.69, 9.17) is 21.3 Å². The first kappa shape index (κ1) is 17.5. The molecule has 5 heteroatoms. The highest BCUT2D eigenvalue weighted by Gasteiger charge is 2.24. The van der Waals surface area contributed by atoms with Crippen LogP contribution in [0.5, 0.6) is 5.75 Å². The summed E-state index contributed by atoms with van der Waals surface area (Å²) in [5.74, 6) is 2.65. The molecule has 0 atom stereocenters. The molecule has 4 aromatic rings. The van der Waals surface area contributed by atoms with Crippen molar-refractivity contribution in [2.75, 3.05) is 0 Å². The van der Waals surface area contributed by atoms with E-state index in [1.54, 1.807) is 0 Å². The molecule has 2 heterocycles. The van der Waals surface area contributed by atoms with E-state index in [1.165, 1.54) is 0 Å². The van der Waals surface area contributed by atoms with Crippen molar-refractivity contribution in [3.63, 3.8) is 0 Å². The Kier molecular flexibility index (Phi) is 4.65. The highest BCUT2D eigenvalue weighted by atomic mass is 35.5. The number of ether oxygens (including phenoxy) is 1. The number of hydrogen-bond acceptors (Lipinski definition) is 3. The number of nitrogens with zero attached hydrogens (tertiary/aromatic N) is 2. The predicted octanol–water partition coefficient (Wildman–Crippen LogP) is 5.94. The minimum Gasteiger partial charge on any atom is -0.490 e. The van der Waals surface area contributed by atoms with Crippen molar-refractivity contribution in [2.24, 2.45) is 5.92 Å². The quantitative estimate of drug-likeness (QED) is 0.468. The minimum atomic E-state index is 0.275. The Morgan fingerprint density at radius 3 is 2.75 bits per heavy atom. The molecular formula is C23H22ClN3O.